The summed E-state index contributed by atoms with van der Waals surface area (Å²) < 4.78 is 54.3. The number of hydrogen-bond donors (Lipinski definition) is 0. The molecule has 0 aliphatic heterocycles. The number of fused-ring (bicyclic) bond motifs is 3. The number of ether oxygens (including phenoxy) is 1. The molecule has 0 fully saturated rings. The second-order valence-electron chi connectivity index (χ2n) is 7.59. The highest BCUT2D eigenvalue weighted by molar-refractivity contribution is 5.77. The monoisotopic (exact) mass is 424 g/mol. The van der Waals surface area contributed by atoms with Gasteiger partial charge in [0.15, 0.2) is 11.6 Å². The summed E-state index contributed by atoms with van der Waals surface area (Å²) in [6, 6.07) is 15.8. The summed E-state index contributed by atoms with van der Waals surface area (Å²) >= 11 is 0. The minimum absolute atomic E-state index is 0.274. The Balaban J connectivity index is 1.52. The highest BCUT2D eigenvalue weighted by Crippen LogP contribution is 2.37. The lowest BCUT2D eigenvalue weighted by atomic mass is 10.0. The minimum atomic E-state index is -4.94. The van der Waals surface area contributed by atoms with E-state index in [9.17, 15) is 17.6 Å². The van der Waals surface area contributed by atoms with Gasteiger partial charge in [0.25, 0.3) is 0 Å². The van der Waals surface area contributed by atoms with Crippen LogP contribution in [0.15, 0.2) is 54.6 Å². The van der Waals surface area contributed by atoms with Gasteiger partial charge in [-0.25, -0.2) is 4.39 Å². The van der Waals surface area contributed by atoms with Crippen LogP contribution in [0.4, 0.5) is 17.6 Å². The van der Waals surface area contributed by atoms with E-state index in [-0.39, 0.29) is 5.56 Å². The lowest BCUT2D eigenvalue weighted by Gasteiger charge is -2.09. The molecular formula is C26H20F4O. The van der Waals surface area contributed by atoms with Crippen LogP contribution in [0.5, 0.6) is 5.75 Å². The third kappa shape index (κ3) is 4.91. The lowest BCUT2D eigenvalue weighted by molar-refractivity contribution is -0.275. The quantitative estimate of drug-likeness (QED) is 0.252. The van der Waals surface area contributed by atoms with Gasteiger partial charge in [0.1, 0.15) is 0 Å². The maximum atomic E-state index is 13.9. The van der Waals surface area contributed by atoms with Crippen LogP contribution in [-0.2, 0) is 12.8 Å². The van der Waals surface area contributed by atoms with Crippen LogP contribution < -0.4 is 4.74 Å². The zero-order valence-electron chi connectivity index (χ0n) is 16.9. The van der Waals surface area contributed by atoms with E-state index < -0.39 is 17.9 Å². The molecule has 158 valence electrons. The molecular weight excluding hydrogens is 404 g/mol. The molecule has 4 rings (SSSR count). The molecule has 0 atom stereocenters. The van der Waals surface area contributed by atoms with E-state index in [0.29, 0.717) is 0 Å². The number of hydrogen-bond acceptors (Lipinski definition) is 1. The molecule has 1 nitrogen and oxygen atoms in total. The molecule has 0 spiro atoms. The second kappa shape index (κ2) is 8.47. The third-order valence-corrected chi connectivity index (χ3v) is 5.27. The standard InChI is InChI=1S/C26H20F4O/c1-2-3-4-17-7-10-22-20(13-17)16-21-14-18(8-11-23(21)22)5-6-19-9-12-25(24(27)15-19)31-26(28,29)30/h7-15H,2-4,16H2,1H3. The van der Waals surface area contributed by atoms with Gasteiger partial charge in [-0.2, -0.15) is 0 Å². The molecule has 0 saturated heterocycles. The fraction of sp³-hybridized carbons (Fsp3) is 0.231. The van der Waals surface area contributed by atoms with E-state index >= 15 is 0 Å². The summed E-state index contributed by atoms with van der Waals surface area (Å²) in [5, 5.41) is 0. The molecule has 31 heavy (non-hydrogen) atoms. The Kier molecular flexibility index (Phi) is 5.73. The Hall–Kier alpha value is -3.26. The molecule has 0 unspecified atom stereocenters. The average Bonchev–Trinajstić information content (AvgIpc) is 3.08. The zero-order chi connectivity index (χ0) is 22.0. The van der Waals surface area contributed by atoms with Crippen molar-refractivity contribution in [2.45, 2.75) is 39.0 Å². The zero-order valence-corrected chi connectivity index (χ0v) is 16.9. The van der Waals surface area contributed by atoms with Gasteiger partial charge in [-0.1, -0.05) is 49.5 Å². The van der Waals surface area contributed by atoms with Crippen LogP contribution in [0.2, 0.25) is 0 Å². The van der Waals surface area contributed by atoms with E-state index in [1.54, 1.807) is 0 Å². The van der Waals surface area contributed by atoms with Crippen molar-refractivity contribution in [2.24, 2.45) is 0 Å². The van der Waals surface area contributed by atoms with Crippen LogP contribution in [0, 0.1) is 17.7 Å². The number of aryl methyl sites for hydroxylation is 1. The molecule has 0 amide bonds. The molecule has 0 N–H and O–H groups in total. The number of benzene rings is 3. The van der Waals surface area contributed by atoms with Gasteiger partial charge in [-0.15, -0.1) is 13.2 Å². The number of unbranched alkanes of at least 4 members (excludes halogenated alkanes) is 1. The summed E-state index contributed by atoms with van der Waals surface area (Å²) in [6.45, 7) is 2.19. The highest BCUT2D eigenvalue weighted by Gasteiger charge is 2.32. The molecule has 1 aliphatic carbocycles. The van der Waals surface area contributed by atoms with Crippen molar-refractivity contribution >= 4 is 0 Å². The van der Waals surface area contributed by atoms with Gasteiger partial charge in [0.2, 0.25) is 0 Å². The normalized spacial score (nSPS) is 12.0. The Labute approximate surface area is 178 Å². The highest BCUT2D eigenvalue weighted by atomic mass is 19.4. The molecule has 3 aromatic carbocycles. The predicted molar refractivity (Wildman–Crippen MR) is 112 cm³/mol. The number of alkyl halides is 3. The molecule has 3 aromatic rings. The van der Waals surface area contributed by atoms with Crippen molar-refractivity contribution < 1.29 is 22.3 Å². The molecule has 0 aromatic heterocycles. The summed E-state index contributed by atoms with van der Waals surface area (Å²) in [5.41, 5.74) is 7.35. The average molecular weight is 424 g/mol. The van der Waals surface area contributed by atoms with Crippen LogP contribution in [0.3, 0.4) is 0 Å². The molecule has 1 aliphatic rings. The van der Waals surface area contributed by atoms with E-state index in [1.165, 1.54) is 46.7 Å². The van der Waals surface area contributed by atoms with E-state index in [2.05, 4.69) is 41.7 Å². The van der Waals surface area contributed by atoms with Gasteiger partial charge >= 0.3 is 6.36 Å². The third-order valence-electron chi connectivity index (χ3n) is 5.27. The first kappa shape index (κ1) is 21.0. The topological polar surface area (TPSA) is 9.23 Å². The van der Waals surface area contributed by atoms with Gasteiger partial charge in [-0.05, 0) is 77.4 Å². The van der Waals surface area contributed by atoms with Gasteiger partial charge in [0.05, 0.1) is 0 Å². The smallest absolute Gasteiger partial charge is 0.403 e. The molecule has 0 bridgehead atoms. The Morgan fingerprint density at radius 3 is 2.19 bits per heavy atom. The first-order chi connectivity index (χ1) is 14.8. The van der Waals surface area contributed by atoms with Gasteiger partial charge in [0, 0.05) is 11.1 Å². The second-order valence-corrected chi connectivity index (χ2v) is 7.59. The molecule has 0 saturated carbocycles. The maximum absolute atomic E-state index is 13.9. The minimum Gasteiger partial charge on any atom is -0.403 e. The predicted octanol–water partition coefficient (Wildman–Crippen LogP) is 7.04. The fourth-order valence-corrected chi connectivity index (χ4v) is 3.81. The van der Waals surface area contributed by atoms with Crippen molar-refractivity contribution in [3.05, 3.63) is 88.2 Å². The Bertz CT molecular complexity index is 1180. The van der Waals surface area contributed by atoms with Crippen LogP contribution in [0.1, 0.15) is 47.6 Å². The molecule has 0 heterocycles. The Morgan fingerprint density at radius 1 is 0.871 bits per heavy atom. The molecule has 0 radical (unpaired) electrons. The maximum Gasteiger partial charge on any atom is 0.573 e. The van der Waals surface area contributed by atoms with Crippen molar-refractivity contribution in [2.75, 3.05) is 0 Å². The van der Waals surface area contributed by atoms with Gasteiger partial charge < -0.3 is 4.74 Å². The number of halogens is 4. The summed E-state index contributed by atoms with van der Waals surface area (Å²) in [7, 11) is 0. The first-order valence-corrected chi connectivity index (χ1v) is 10.1. The van der Waals surface area contributed by atoms with Crippen LogP contribution in [0.25, 0.3) is 11.1 Å². The van der Waals surface area contributed by atoms with E-state index in [0.717, 1.165) is 30.5 Å². The van der Waals surface area contributed by atoms with Crippen molar-refractivity contribution in [1.29, 1.82) is 0 Å². The van der Waals surface area contributed by atoms with Crippen molar-refractivity contribution in [1.82, 2.24) is 0 Å². The van der Waals surface area contributed by atoms with E-state index in [4.69, 9.17) is 0 Å². The Morgan fingerprint density at radius 2 is 1.52 bits per heavy atom. The van der Waals surface area contributed by atoms with Crippen LogP contribution >= 0.6 is 0 Å². The summed E-state index contributed by atoms with van der Waals surface area (Å²) in [5.74, 6) is 3.81. The fourth-order valence-electron chi connectivity index (χ4n) is 3.81. The van der Waals surface area contributed by atoms with Crippen LogP contribution in [-0.4, -0.2) is 6.36 Å². The summed E-state index contributed by atoms with van der Waals surface area (Å²) in [6.07, 6.45) is -0.665. The molecule has 5 heteroatoms. The lowest BCUT2D eigenvalue weighted by Crippen LogP contribution is -2.17. The van der Waals surface area contributed by atoms with Crippen molar-refractivity contribution in [3.63, 3.8) is 0 Å². The SMILES string of the molecule is CCCCc1ccc2c(c1)Cc1cc(C#Cc3ccc(OC(F)(F)F)c(F)c3)ccc1-2. The van der Waals surface area contributed by atoms with Crippen molar-refractivity contribution in [3.8, 4) is 28.7 Å². The summed E-state index contributed by atoms with van der Waals surface area (Å²) in [4.78, 5) is 0. The largest absolute Gasteiger partial charge is 0.573 e. The van der Waals surface area contributed by atoms with Gasteiger partial charge in [-0.3, -0.25) is 0 Å². The first-order valence-electron chi connectivity index (χ1n) is 10.1. The van der Waals surface area contributed by atoms with E-state index in [1.807, 2.05) is 18.2 Å². The number of rotatable bonds is 4.